The van der Waals surface area contributed by atoms with Crippen molar-refractivity contribution >= 4 is 17.7 Å². The molecule has 1 aliphatic rings. The summed E-state index contributed by atoms with van der Waals surface area (Å²) in [6.07, 6.45) is 0.908. The summed E-state index contributed by atoms with van der Waals surface area (Å²) in [5.74, 6) is 6.58. The Bertz CT molecular complexity index is 699. The van der Waals surface area contributed by atoms with Gasteiger partial charge in [-0.3, -0.25) is 4.79 Å². The molecule has 6 nitrogen and oxygen atoms in total. The lowest BCUT2D eigenvalue weighted by Gasteiger charge is -2.30. The fourth-order valence-electron chi connectivity index (χ4n) is 2.58. The molecule has 0 aliphatic carbocycles. The zero-order valence-electron chi connectivity index (χ0n) is 12.7. The molecule has 0 fully saturated rings. The van der Waals surface area contributed by atoms with Crippen molar-refractivity contribution in [3.63, 3.8) is 0 Å². The molecule has 2 heterocycles. The van der Waals surface area contributed by atoms with Crippen LogP contribution in [-0.2, 0) is 17.8 Å². The number of fused-ring (bicyclic) bond motifs is 1. The lowest BCUT2D eigenvalue weighted by Crippen LogP contribution is -2.40. The highest BCUT2D eigenvalue weighted by molar-refractivity contribution is 8.00. The van der Waals surface area contributed by atoms with E-state index in [1.165, 1.54) is 27.6 Å². The van der Waals surface area contributed by atoms with E-state index < -0.39 is 0 Å². The Hall–Kier alpha value is -2.02. The number of hydrogen-bond acceptors (Lipinski definition) is 5. The molecule has 1 aliphatic heterocycles. The molecule has 7 heteroatoms. The van der Waals surface area contributed by atoms with Crippen LogP contribution in [0.4, 0.5) is 0 Å². The molecule has 2 aromatic rings. The van der Waals surface area contributed by atoms with Crippen molar-refractivity contribution in [2.45, 2.75) is 37.2 Å². The van der Waals surface area contributed by atoms with Gasteiger partial charge in [0.15, 0.2) is 0 Å². The highest BCUT2D eigenvalue weighted by Gasteiger charge is 2.26. The van der Waals surface area contributed by atoms with Gasteiger partial charge >= 0.3 is 0 Å². The summed E-state index contributed by atoms with van der Waals surface area (Å²) in [6, 6.07) is 8.29. The van der Waals surface area contributed by atoms with Gasteiger partial charge in [0.2, 0.25) is 11.1 Å². The Balaban J connectivity index is 1.68. The molecule has 1 amide bonds. The van der Waals surface area contributed by atoms with Gasteiger partial charge in [-0.15, -0.1) is 10.2 Å². The van der Waals surface area contributed by atoms with Gasteiger partial charge < -0.3 is 10.7 Å². The molecule has 22 heavy (non-hydrogen) atoms. The van der Waals surface area contributed by atoms with Crippen LogP contribution >= 0.6 is 11.8 Å². The van der Waals surface area contributed by atoms with Gasteiger partial charge in [-0.05, 0) is 31.4 Å². The molecule has 0 saturated heterocycles. The lowest BCUT2D eigenvalue weighted by atomic mass is 10.00. The van der Waals surface area contributed by atoms with Gasteiger partial charge in [0.25, 0.3) is 0 Å². The maximum atomic E-state index is 12.6. The molecule has 0 radical (unpaired) electrons. The van der Waals surface area contributed by atoms with E-state index in [0.717, 1.165) is 13.0 Å². The van der Waals surface area contributed by atoms with Crippen molar-refractivity contribution in [1.29, 1.82) is 0 Å². The smallest absolute Gasteiger partial charge is 0.236 e. The predicted octanol–water partition coefficient (Wildman–Crippen LogP) is 1.37. The third-order valence-corrected chi connectivity index (χ3v) is 4.95. The summed E-state index contributed by atoms with van der Waals surface area (Å²) in [6.45, 7) is 5.10. The first-order valence-electron chi connectivity index (χ1n) is 7.25. The third-order valence-electron chi connectivity index (χ3n) is 3.91. The fourth-order valence-corrected chi connectivity index (χ4v) is 3.48. The second kappa shape index (κ2) is 6.00. The summed E-state index contributed by atoms with van der Waals surface area (Å²) in [4.78, 5) is 14.5. The van der Waals surface area contributed by atoms with Crippen LogP contribution in [0.5, 0.6) is 0 Å². The van der Waals surface area contributed by atoms with Crippen LogP contribution in [0, 0.1) is 6.92 Å². The Morgan fingerprint density at radius 2 is 2.05 bits per heavy atom. The van der Waals surface area contributed by atoms with Crippen LogP contribution in [0.1, 0.15) is 23.9 Å². The second-order valence-electron chi connectivity index (χ2n) is 5.44. The van der Waals surface area contributed by atoms with E-state index in [1.807, 2.05) is 24.0 Å². The number of rotatable bonds is 3. The van der Waals surface area contributed by atoms with Crippen LogP contribution in [0.15, 0.2) is 29.4 Å². The van der Waals surface area contributed by atoms with E-state index in [9.17, 15) is 4.79 Å². The number of aryl methyl sites for hydroxylation is 1. The highest BCUT2D eigenvalue weighted by atomic mass is 32.2. The molecular formula is C15H19N5OS. The van der Waals surface area contributed by atoms with Crippen LogP contribution < -0.4 is 5.84 Å². The van der Waals surface area contributed by atoms with Crippen molar-refractivity contribution < 1.29 is 4.79 Å². The van der Waals surface area contributed by atoms with E-state index in [0.29, 0.717) is 17.5 Å². The summed E-state index contributed by atoms with van der Waals surface area (Å²) in [7, 11) is 0. The van der Waals surface area contributed by atoms with Gasteiger partial charge in [0.05, 0.1) is 5.25 Å². The zero-order chi connectivity index (χ0) is 15.7. The molecule has 0 bridgehead atoms. The number of carbonyl (C=O) groups excluding carboxylic acids is 1. The lowest BCUT2D eigenvalue weighted by molar-refractivity contribution is -0.131. The number of nitrogens with zero attached hydrogens (tertiary/aromatic N) is 4. The fraction of sp³-hybridized carbons (Fsp3) is 0.400. The van der Waals surface area contributed by atoms with Crippen molar-refractivity contribution in [1.82, 2.24) is 19.8 Å². The second-order valence-corrected chi connectivity index (χ2v) is 6.75. The number of carbonyl (C=O) groups is 1. The number of nitrogen functional groups attached to an aromatic ring is 1. The summed E-state index contributed by atoms with van der Waals surface area (Å²) < 4.78 is 1.42. The normalized spacial score (nSPS) is 15.5. The molecule has 2 N–H and O–H groups in total. The van der Waals surface area contributed by atoms with Gasteiger partial charge in [-0.25, -0.2) is 4.68 Å². The van der Waals surface area contributed by atoms with Crippen LogP contribution in [0.3, 0.4) is 0 Å². The summed E-state index contributed by atoms with van der Waals surface area (Å²) in [5, 5.41) is 8.24. The molecule has 0 saturated carbocycles. The number of aromatic nitrogens is 3. The minimum atomic E-state index is -0.240. The van der Waals surface area contributed by atoms with Gasteiger partial charge in [0.1, 0.15) is 5.82 Å². The Morgan fingerprint density at radius 3 is 2.73 bits per heavy atom. The maximum Gasteiger partial charge on any atom is 0.236 e. The summed E-state index contributed by atoms with van der Waals surface area (Å²) in [5.41, 5.74) is 2.57. The van der Waals surface area contributed by atoms with E-state index in [2.05, 4.69) is 22.3 Å². The predicted molar refractivity (Wildman–Crippen MR) is 85.8 cm³/mol. The molecule has 0 unspecified atom stereocenters. The third kappa shape index (κ3) is 2.81. The topological polar surface area (TPSA) is 77.0 Å². The van der Waals surface area contributed by atoms with Crippen LogP contribution in [0.2, 0.25) is 0 Å². The minimum absolute atomic E-state index is 0.111. The van der Waals surface area contributed by atoms with Crippen molar-refractivity contribution in [2.24, 2.45) is 0 Å². The van der Waals surface area contributed by atoms with Gasteiger partial charge in [0, 0.05) is 13.1 Å². The summed E-state index contributed by atoms with van der Waals surface area (Å²) >= 11 is 1.35. The molecule has 3 rings (SSSR count). The molecular weight excluding hydrogens is 298 g/mol. The Labute approximate surface area is 133 Å². The number of benzene rings is 1. The first-order valence-corrected chi connectivity index (χ1v) is 8.13. The average Bonchev–Trinajstić information content (AvgIpc) is 2.85. The van der Waals surface area contributed by atoms with E-state index >= 15 is 0 Å². The van der Waals surface area contributed by atoms with E-state index in [4.69, 9.17) is 5.84 Å². The van der Waals surface area contributed by atoms with Crippen molar-refractivity contribution in [3.8, 4) is 0 Å². The molecule has 1 aromatic carbocycles. The Morgan fingerprint density at radius 1 is 1.32 bits per heavy atom. The van der Waals surface area contributed by atoms with Gasteiger partial charge in [-0.1, -0.05) is 36.0 Å². The number of amides is 1. The minimum Gasteiger partial charge on any atom is -0.337 e. The zero-order valence-corrected chi connectivity index (χ0v) is 13.5. The standard InChI is InChI=1S/C15H19N5OS/c1-10(22-15-18-17-11(2)20(15)16)14(21)19-8-7-12-5-3-4-6-13(12)9-19/h3-6,10H,7-9,16H2,1-2H3/t10-/m0/s1. The Kier molecular flexibility index (Phi) is 4.06. The van der Waals surface area contributed by atoms with Crippen LogP contribution in [-0.4, -0.2) is 37.5 Å². The average molecular weight is 317 g/mol. The highest BCUT2D eigenvalue weighted by Crippen LogP contribution is 2.25. The number of hydrogen-bond donors (Lipinski definition) is 1. The van der Waals surface area contributed by atoms with Crippen molar-refractivity contribution in [3.05, 3.63) is 41.2 Å². The van der Waals surface area contributed by atoms with Crippen molar-refractivity contribution in [2.75, 3.05) is 12.4 Å². The number of thioether (sulfide) groups is 1. The maximum absolute atomic E-state index is 12.6. The SMILES string of the molecule is Cc1nnc(S[C@@H](C)C(=O)N2CCc3ccccc3C2)n1N. The monoisotopic (exact) mass is 317 g/mol. The van der Waals surface area contributed by atoms with Gasteiger partial charge in [-0.2, -0.15) is 0 Å². The quantitative estimate of drug-likeness (QED) is 0.683. The number of nitrogens with two attached hydrogens (primary N) is 1. The molecule has 0 spiro atoms. The first-order chi connectivity index (χ1) is 10.6. The molecule has 1 atom stereocenters. The van der Waals surface area contributed by atoms with E-state index in [-0.39, 0.29) is 11.2 Å². The largest absolute Gasteiger partial charge is 0.337 e. The molecule has 1 aromatic heterocycles. The van der Waals surface area contributed by atoms with Crippen LogP contribution in [0.25, 0.3) is 0 Å². The van der Waals surface area contributed by atoms with E-state index in [1.54, 1.807) is 6.92 Å². The molecule has 116 valence electrons. The first kappa shape index (κ1) is 14.9.